The van der Waals surface area contributed by atoms with Gasteiger partial charge in [-0.15, -0.1) is 0 Å². The van der Waals surface area contributed by atoms with Crippen molar-refractivity contribution in [2.24, 2.45) is 5.73 Å². The molecule has 0 spiro atoms. The number of furan rings is 1. The molecule has 1 aromatic carbocycles. The maximum Gasteiger partial charge on any atom is 0.148 e. The molecule has 0 saturated heterocycles. The molecule has 2 aromatic rings. The molecular formula is C12H13BrFNO. The molecule has 0 saturated carbocycles. The second-order valence-corrected chi connectivity index (χ2v) is 4.70. The van der Waals surface area contributed by atoms with Crippen molar-refractivity contribution in [3.63, 3.8) is 0 Å². The summed E-state index contributed by atoms with van der Waals surface area (Å²) in [7, 11) is 0. The molecule has 4 heteroatoms. The fourth-order valence-corrected chi connectivity index (χ4v) is 2.26. The van der Waals surface area contributed by atoms with E-state index >= 15 is 0 Å². The highest BCUT2D eigenvalue weighted by atomic mass is 79.9. The molecule has 86 valence electrons. The Bertz CT molecular complexity index is 509. The molecule has 1 unspecified atom stereocenters. The highest BCUT2D eigenvalue weighted by molar-refractivity contribution is 9.10. The van der Waals surface area contributed by atoms with Crippen LogP contribution in [-0.4, -0.2) is 0 Å². The Kier molecular flexibility index (Phi) is 3.30. The van der Waals surface area contributed by atoms with Gasteiger partial charge in [-0.3, -0.25) is 0 Å². The van der Waals surface area contributed by atoms with E-state index in [0.29, 0.717) is 15.8 Å². The number of rotatable bonds is 3. The van der Waals surface area contributed by atoms with Crippen LogP contribution in [0.3, 0.4) is 0 Å². The van der Waals surface area contributed by atoms with Crippen LogP contribution in [0.5, 0.6) is 0 Å². The van der Waals surface area contributed by atoms with E-state index in [-0.39, 0.29) is 11.9 Å². The van der Waals surface area contributed by atoms with Crippen LogP contribution in [0.25, 0.3) is 11.0 Å². The standard InChI is InChI=1S/C12H13BrFNO/c1-2-3-10(15)11-5-7-4-8(14)6-9(13)12(7)16-11/h4-6,10H,2-3,15H2,1H3. The van der Waals surface area contributed by atoms with Gasteiger partial charge in [-0.25, -0.2) is 4.39 Å². The maximum absolute atomic E-state index is 13.2. The smallest absolute Gasteiger partial charge is 0.148 e. The Morgan fingerprint density at radius 2 is 2.19 bits per heavy atom. The van der Waals surface area contributed by atoms with Crippen molar-refractivity contribution < 1.29 is 8.81 Å². The number of nitrogens with two attached hydrogens (primary N) is 1. The molecule has 0 aliphatic heterocycles. The van der Waals surface area contributed by atoms with E-state index in [1.54, 1.807) is 0 Å². The Labute approximate surface area is 102 Å². The van der Waals surface area contributed by atoms with Crippen LogP contribution in [0.15, 0.2) is 27.1 Å². The quantitative estimate of drug-likeness (QED) is 0.921. The largest absolute Gasteiger partial charge is 0.458 e. The topological polar surface area (TPSA) is 39.2 Å². The summed E-state index contributed by atoms with van der Waals surface area (Å²) in [5.41, 5.74) is 6.61. The lowest BCUT2D eigenvalue weighted by Crippen LogP contribution is -2.08. The van der Waals surface area contributed by atoms with Gasteiger partial charge in [0.1, 0.15) is 17.2 Å². The summed E-state index contributed by atoms with van der Waals surface area (Å²) in [6.45, 7) is 2.07. The lowest BCUT2D eigenvalue weighted by molar-refractivity contribution is 0.474. The van der Waals surface area contributed by atoms with Crippen LogP contribution < -0.4 is 5.73 Å². The van der Waals surface area contributed by atoms with Gasteiger partial charge in [0.25, 0.3) is 0 Å². The van der Waals surface area contributed by atoms with Crippen LogP contribution >= 0.6 is 15.9 Å². The van der Waals surface area contributed by atoms with Crippen LogP contribution in [0.4, 0.5) is 4.39 Å². The molecule has 0 aliphatic rings. The Morgan fingerprint density at radius 1 is 1.44 bits per heavy atom. The third kappa shape index (κ3) is 2.13. The zero-order valence-electron chi connectivity index (χ0n) is 8.97. The number of halogens is 2. The minimum absolute atomic E-state index is 0.118. The van der Waals surface area contributed by atoms with E-state index in [9.17, 15) is 4.39 Å². The molecule has 2 N–H and O–H groups in total. The second-order valence-electron chi connectivity index (χ2n) is 3.85. The average molecular weight is 286 g/mol. The molecule has 1 atom stereocenters. The number of benzene rings is 1. The van der Waals surface area contributed by atoms with Gasteiger partial charge in [0.05, 0.1) is 10.5 Å². The molecule has 0 fully saturated rings. The Morgan fingerprint density at radius 3 is 2.88 bits per heavy atom. The normalized spacial score (nSPS) is 13.2. The van der Waals surface area contributed by atoms with E-state index in [0.717, 1.165) is 18.2 Å². The highest BCUT2D eigenvalue weighted by Crippen LogP contribution is 2.31. The lowest BCUT2D eigenvalue weighted by atomic mass is 10.1. The van der Waals surface area contributed by atoms with Crippen LogP contribution in [0, 0.1) is 5.82 Å². The number of hydrogen-bond acceptors (Lipinski definition) is 2. The van der Waals surface area contributed by atoms with Crippen LogP contribution in [-0.2, 0) is 0 Å². The molecule has 1 aromatic heterocycles. The van der Waals surface area contributed by atoms with E-state index in [1.165, 1.54) is 12.1 Å². The molecule has 0 bridgehead atoms. The first kappa shape index (κ1) is 11.6. The summed E-state index contributed by atoms with van der Waals surface area (Å²) in [5, 5.41) is 0.744. The molecule has 16 heavy (non-hydrogen) atoms. The van der Waals surface area contributed by atoms with Crippen molar-refractivity contribution in [2.45, 2.75) is 25.8 Å². The summed E-state index contributed by atoms with van der Waals surface area (Å²) in [4.78, 5) is 0. The van der Waals surface area contributed by atoms with Gasteiger partial charge in [0.15, 0.2) is 0 Å². The zero-order valence-corrected chi connectivity index (χ0v) is 10.6. The average Bonchev–Trinajstić information content (AvgIpc) is 2.62. The number of fused-ring (bicyclic) bond motifs is 1. The van der Waals surface area contributed by atoms with Gasteiger partial charge in [-0.05, 0) is 40.5 Å². The van der Waals surface area contributed by atoms with Crippen molar-refractivity contribution in [3.8, 4) is 0 Å². The monoisotopic (exact) mass is 285 g/mol. The predicted molar refractivity (Wildman–Crippen MR) is 65.7 cm³/mol. The van der Waals surface area contributed by atoms with Crippen molar-refractivity contribution >= 4 is 26.9 Å². The first-order valence-electron chi connectivity index (χ1n) is 5.26. The molecule has 1 heterocycles. The summed E-state index contributed by atoms with van der Waals surface area (Å²) >= 11 is 3.27. The zero-order chi connectivity index (χ0) is 11.7. The van der Waals surface area contributed by atoms with Crippen LogP contribution in [0.1, 0.15) is 31.6 Å². The van der Waals surface area contributed by atoms with Gasteiger partial charge in [0, 0.05) is 5.39 Å². The highest BCUT2D eigenvalue weighted by Gasteiger charge is 2.13. The maximum atomic E-state index is 13.2. The minimum Gasteiger partial charge on any atom is -0.458 e. The van der Waals surface area contributed by atoms with E-state index in [1.807, 2.05) is 6.07 Å². The van der Waals surface area contributed by atoms with Gasteiger partial charge in [0.2, 0.25) is 0 Å². The summed E-state index contributed by atoms with van der Waals surface area (Å²) in [6.07, 6.45) is 1.85. The second kappa shape index (κ2) is 4.55. The summed E-state index contributed by atoms with van der Waals surface area (Å²) in [5.74, 6) is 0.430. The van der Waals surface area contributed by atoms with E-state index in [4.69, 9.17) is 10.2 Å². The molecule has 0 aliphatic carbocycles. The van der Waals surface area contributed by atoms with Gasteiger partial charge < -0.3 is 10.2 Å². The SMILES string of the molecule is CCCC(N)c1cc2cc(F)cc(Br)c2o1. The predicted octanol–water partition coefficient (Wildman–Crippen LogP) is 4.13. The molecule has 0 amide bonds. The molecule has 2 rings (SSSR count). The Hall–Kier alpha value is -0.870. The molecule has 0 radical (unpaired) electrons. The molecular weight excluding hydrogens is 273 g/mol. The molecule has 2 nitrogen and oxygen atoms in total. The lowest BCUT2D eigenvalue weighted by Gasteiger charge is -2.05. The first-order valence-corrected chi connectivity index (χ1v) is 6.05. The third-order valence-electron chi connectivity index (χ3n) is 2.52. The van der Waals surface area contributed by atoms with E-state index in [2.05, 4.69) is 22.9 Å². The van der Waals surface area contributed by atoms with Crippen molar-refractivity contribution in [2.75, 3.05) is 0 Å². The van der Waals surface area contributed by atoms with Crippen LogP contribution in [0.2, 0.25) is 0 Å². The summed E-state index contributed by atoms with van der Waals surface area (Å²) < 4.78 is 19.4. The summed E-state index contributed by atoms with van der Waals surface area (Å²) in [6, 6.07) is 4.53. The van der Waals surface area contributed by atoms with Crippen molar-refractivity contribution in [1.29, 1.82) is 0 Å². The Balaban J connectivity index is 2.47. The fourth-order valence-electron chi connectivity index (χ4n) is 1.73. The van der Waals surface area contributed by atoms with Gasteiger partial charge in [-0.2, -0.15) is 0 Å². The van der Waals surface area contributed by atoms with Crippen molar-refractivity contribution in [3.05, 3.63) is 34.2 Å². The first-order chi connectivity index (χ1) is 7.61. The van der Waals surface area contributed by atoms with Gasteiger partial charge >= 0.3 is 0 Å². The van der Waals surface area contributed by atoms with E-state index < -0.39 is 0 Å². The number of hydrogen-bond donors (Lipinski definition) is 1. The third-order valence-corrected chi connectivity index (χ3v) is 3.11. The van der Waals surface area contributed by atoms with Crippen molar-refractivity contribution in [1.82, 2.24) is 0 Å². The fraction of sp³-hybridized carbons (Fsp3) is 0.333. The van der Waals surface area contributed by atoms with Gasteiger partial charge in [-0.1, -0.05) is 13.3 Å². The minimum atomic E-state index is -0.282.